The average Bonchev–Trinajstić information content (AvgIpc) is 2.56. The summed E-state index contributed by atoms with van der Waals surface area (Å²) in [5.74, 6) is 0. The summed E-state index contributed by atoms with van der Waals surface area (Å²) >= 11 is 0. The maximum absolute atomic E-state index is 6.60. The molecule has 1 aromatic heterocycles. The second kappa shape index (κ2) is 5.69. The minimum atomic E-state index is -0.116. The zero-order valence-electron chi connectivity index (χ0n) is 11.4. The van der Waals surface area contributed by atoms with Crippen molar-refractivity contribution in [3.05, 3.63) is 60.2 Å². The molecular weight excluding hydrogens is 250 g/mol. The van der Waals surface area contributed by atoms with E-state index >= 15 is 0 Å². The zero-order chi connectivity index (χ0) is 13.8. The topological polar surface area (TPSA) is 61.0 Å². The van der Waals surface area contributed by atoms with Gasteiger partial charge in [0.15, 0.2) is 0 Å². The second-order valence-corrected chi connectivity index (χ2v) is 5.28. The first-order chi connectivity index (χ1) is 9.83. The SMILES string of the molecule is NC(c1cncnc1)C1(c2ccccc2)CCOCC1. The Morgan fingerprint density at radius 2 is 1.70 bits per heavy atom. The van der Waals surface area contributed by atoms with Gasteiger partial charge in [-0.1, -0.05) is 30.3 Å². The molecule has 104 valence electrons. The molecule has 1 atom stereocenters. The number of nitrogens with two attached hydrogens (primary N) is 1. The molecule has 4 heteroatoms. The maximum atomic E-state index is 6.60. The fourth-order valence-electron chi connectivity index (χ4n) is 3.08. The Kier molecular flexibility index (Phi) is 3.76. The van der Waals surface area contributed by atoms with E-state index < -0.39 is 0 Å². The Morgan fingerprint density at radius 3 is 2.35 bits per heavy atom. The third kappa shape index (κ3) is 2.32. The molecule has 0 spiro atoms. The summed E-state index contributed by atoms with van der Waals surface area (Å²) in [5, 5.41) is 0. The minimum Gasteiger partial charge on any atom is -0.381 e. The number of rotatable bonds is 3. The Labute approximate surface area is 119 Å². The van der Waals surface area contributed by atoms with Crippen LogP contribution in [0.2, 0.25) is 0 Å². The van der Waals surface area contributed by atoms with Gasteiger partial charge in [-0.2, -0.15) is 0 Å². The van der Waals surface area contributed by atoms with Gasteiger partial charge < -0.3 is 10.5 Å². The lowest BCUT2D eigenvalue weighted by molar-refractivity contribution is 0.0397. The number of hydrogen-bond acceptors (Lipinski definition) is 4. The van der Waals surface area contributed by atoms with Gasteiger partial charge >= 0.3 is 0 Å². The van der Waals surface area contributed by atoms with E-state index in [2.05, 4.69) is 34.2 Å². The highest BCUT2D eigenvalue weighted by atomic mass is 16.5. The Bertz CT molecular complexity index is 538. The minimum absolute atomic E-state index is 0.0930. The van der Waals surface area contributed by atoms with E-state index in [1.807, 2.05) is 18.5 Å². The molecule has 1 aliphatic heterocycles. The van der Waals surface area contributed by atoms with E-state index in [0.717, 1.165) is 31.6 Å². The molecule has 1 aromatic carbocycles. The van der Waals surface area contributed by atoms with Gasteiger partial charge in [-0.15, -0.1) is 0 Å². The molecule has 2 heterocycles. The summed E-state index contributed by atoms with van der Waals surface area (Å²) in [4.78, 5) is 8.21. The van der Waals surface area contributed by atoms with Crippen molar-refractivity contribution in [1.29, 1.82) is 0 Å². The molecule has 0 radical (unpaired) electrons. The van der Waals surface area contributed by atoms with E-state index in [1.165, 1.54) is 11.9 Å². The fourth-order valence-corrected chi connectivity index (χ4v) is 3.08. The van der Waals surface area contributed by atoms with Crippen LogP contribution >= 0.6 is 0 Å². The average molecular weight is 269 g/mol. The van der Waals surface area contributed by atoms with Crippen molar-refractivity contribution in [1.82, 2.24) is 9.97 Å². The molecule has 0 amide bonds. The molecule has 0 saturated carbocycles. The second-order valence-electron chi connectivity index (χ2n) is 5.28. The lowest BCUT2D eigenvalue weighted by Crippen LogP contribution is -2.43. The predicted octanol–water partition coefficient (Wildman–Crippen LogP) is 2.22. The molecule has 0 bridgehead atoms. The highest BCUT2D eigenvalue weighted by Crippen LogP contribution is 2.43. The van der Waals surface area contributed by atoms with Crippen molar-refractivity contribution in [3.8, 4) is 0 Å². The van der Waals surface area contributed by atoms with E-state index in [9.17, 15) is 0 Å². The van der Waals surface area contributed by atoms with Crippen LogP contribution in [0.4, 0.5) is 0 Å². The molecule has 3 rings (SSSR count). The molecule has 20 heavy (non-hydrogen) atoms. The summed E-state index contributed by atoms with van der Waals surface area (Å²) in [6.45, 7) is 1.49. The van der Waals surface area contributed by atoms with Crippen LogP contribution in [0.3, 0.4) is 0 Å². The summed E-state index contributed by atoms with van der Waals surface area (Å²) in [5.41, 5.74) is 8.77. The van der Waals surface area contributed by atoms with Crippen LogP contribution in [-0.2, 0) is 10.2 Å². The van der Waals surface area contributed by atoms with Gasteiger partial charge in [-0.3, -0.25) is 0 Å². The largest absolute Gasteiger partial charge is 0.381 e. The smallest absolute Gasteiger partial charge is 0.115 e. The quantitative estimate of drug-likeness (QED) is 0.928. The molecule has 1 unspecified atom stereocenters. The third-order valence-corrected chi connectivity index (χ3v) is 4.27. The van der Waals surface area contributed by atoms with Gasteiger partial charge in [0, 0.05) is 42.6 Å². The van der Waals surface area contributed by atoms with E-state index in [4.69, 9.17) is 10.5 Å². The zero-order valence-corrected chi connectivity index (χ0v) is 11.4. The lowest BCUT2D eigenvalue weighted by Gasteiger charge is -2.42. The van der Waals surface area contributed by atoms with E-state index in [0.29, 0.717) is 0 Å². The predicted molar refractivity (Wildman–Crippen MR) is 77.1 cm³/mol. The highest BCUT2D eigenvalue weighted by Gasteiger charge is 2.40. The normalized spacial score (nSPS) is 19.4. The van der Waals surface area contributed by atoms with Crippen molar-refractivity contribution in [2.75, 3.05) is 13.2 Å². The number of nitrogens with zero attached hydrogens (tertiary/aromatic N) is 2. The molecule has 1 saturated heterocycles. The lowest BCUT2D eigenvalue weighted by atomic mass is 9.67. The highest BCUT2D eigenvalue weighted by molar-refractivity contribution is 5.32. The third-order valence-electron chi connectivity index (χ3n) is 4.27. The van der Waals surface area contributed by atoms with Crippen molar-refractivity contribution in [2.24, 2.45) is 5.73 Å². The Hall–Kier alpha value is -1.78. The molecule has 0 aliphatic carbocycles. The number of hydrogen-bond donors (Lipinski definition) is 1. The van der Waals surface area contributed by atoms with Crippen molar-refractivity contribution < 1.29 is 4.74 Å². The molecule has 2 aromatic rings. The van der Waals surface area contributed by atoms with Gasteiger partial charge in [-0.25, -0.2) is 9.97 Å². The summed E-state index contributed by atoms with van der Waals surface area (Å²) < 4.78 is 5.55. The number of ether oxygens (including phenoxy) is 1. The molecule has 1 aliphatic rings. The van der Waals surface area contributed by atoms with Gasteiger partial charge in [-0.05, 0) is 18.4 Å². The molecule has 2 N–H and O–H groups in total. The van der Waals surface area contributed by atoms with Crippen LogP contribution in [0.5, 0.6) is 0 Å². The first kappa shape index (κ1) is 13.2. The van der Waals surface area contributed by atoms with Gasteiger partial charge in [0.05, 0.1) is 0 Å². The van der Waals surface area contributed by atoms with Crippen molar-refractivity contribution >= 4 is 0 Å². The summed E-state index contributed by atoms with van der Waals surface area (Å²) in [6.07, 6.45) is 7.02. The van der Waals surface area contributed by atoms with Crippen LogP contribution in [0, 0.1) is 0 Å². The first-order valence-corrected chi connectivity index (χ1v) is 6.97. The maximum Gasteiger partial charge on any atom is 0.115 e. The Morgan fingerprint density at radius 1 is 1.05 bits per heavy atom. The van der Waals surface area contributed by atoms with Gasteiger partial charge in [0.1, 0.15) is 6.33 Å². The van der Waals surface area contributed by atoms with Crippen LogP contribution in [0.1, 0.15) is 30.0 Å². The van der Waals surface area contributed by atoms with Crippen molar-refractivity contribution in [2.45, 2.75) is 24.3 Å². The van der Waals surface area contributed by atoms with E-state index in [-0.39, 0.29) is 11.5 Å². The van der Waals surface area contributed by atoms with Crippen LogP contribution in [0.25, 0.3) is 0 Å². The standard InChI is InChI=1S/C16H19N3O/c17-15(13-10-18-12-19-11-13)16(6-8-20-9-7-16)14-4-2-1-3-5-14/h1-5,10-12,15H,6-9,17H2. The molecule has 4 nitrogen and oxygen atoms in total. The monoisotopic (exact) mass is 269 g/mol. The number of aromatic nitrogens is 2. The van der Waals surface area contributed by atoms with E-state index in [1.54, 1.807) is 0 Å². The summed E-state index contributed by atoms with van der Waals surface area (Å²) in [6, 6.07) is 10.4. The first-order valence-electron chi connectivity index (χ1n) is 6.97. The number of benzene rings is 1. The van der Waals surface area contributed by atoms with Crippen molar-refractivity contribution in [3.63, 3.8) is 0 Å². The Balaban J connectivity index is 2.02. The summed E-state index contributed by atoms with van der Waals surface area (Å²) in [7, 11) is 0. The van der Waals surface area contributed by atoms with Crippen LogP contribution in [0.15, 0.2) is 49.1 Å². The van der Waals surface area contributed by atoms with Gasteiger partial charge in [0.2, 0.25) is 0 Å². The molecular formula is C16H19N3O. The van der Waals surface area contributed by atoms with Crippen LogP contribution < -0.4 is 5.73 Å². The fraction of sp³-hybridized carbons (Fsp3) is 0.375. The molecule has 1 fully saturated rings. The van der Waals surface area contributed by atoms with Gasteiger partial charge in [0.25, 0.3) is 0 Å². The van der Waals surface area contributed by atoms with Crippen LogP contribution in [-0.4, -0.2) is 23.2 Å².